The number of esters is 1. The first-order chi connectivity index (χ1) is 16.6. The van der Waals surface area contributed by atoms with Gasteiger partial charge in [0.25, 0.3) is 0 Å². The smallest absolute Gasteiger partial charge is 0.408 e. The lowest BCUT2D eigenvalue weighted by Gasteiger charge is -2.43. The van der Waals surface area contributed by atoms with Gasteiger partial charge >= 0.3 is 12.1 Å². The van der Waals surface area contributed by atoms with Crippen LogP contribution in [0.4, 0.5) is 4.79 Å². The summed E-state index contributed by atoms with van der Waals surface area (Å²) in [6.45, 7) is 16.4. The van der Waals surface area contributed by atoms with Crippen molar-refractivity contribution in [2.75, 3.05) is 19.7 Å². The molecule has 3 amide bonds. The first-order valence-corrected chi connectivity index (χ1v) is 12.4. The highest BCUT2D eigenvalue weighted by Crippen LogP contribution is 2.32. The first kappa shape index (κ1) is 30.9. The van der Waals surface area contributed by atoms with Crippen molar-refractivity contribution in [3.05, 3.63) is 34.9 Å². The number of alkyl carbamates (subject to hydrolysis) is 1. The number of hydrogen-bond donors (Lipinski definition) is 2. The molecule has 1 atom stereocenters. The summed E-state index contributed by atoms with van der Waals surface area (Å²) in [6, 6.07) is 4.75. The number of hydrogen-bond acceptors (Lipinski definition) is 6. The van der Waals surface area contributed by atoms with E-state index in [2.05, 4.69) is 10.6 Å². The molecule has 0 aromatic heterocycles. The summed E-state index contributed by atoms with van der Waals surface area (Å²) in [4.78, 5) is 52.6. The molecule has 0 aliphatic rings. The SMILES string of the molecule is CCOC(=O)CCNC(=O)C(c1cc(C)cc(C)c1)N(C(=O)CNC(=O)OC(C)(C)C)C(C)(C)CC. The lowest BCUT2D eigenvalue weighted by Crippen LogP contribution is -2.56. The number of nitrogens with one attached hydrogen (secondary N) is 2. The molecular weight excluding hydrogens is 462 g/mol. The molecule has 2 N–H and O–H groups in total. The van der Waals surface area contributed by atoms with Crippen LogP contribution >= 0.6 is 0 Å². The van der Waals surface area contributed by atoms with Crippen LogP contribution in [0.3, 0.4) is 0 Å². The van der Waals surface area contributed by atoms with E-state index in [1.54, 1.807) is 27.7 Å². The normalized spacial score (nSPS) is 12.4. The zero-order chi connectivity index (χ0) is 27.7. The third-order valence-electron chi connectivity index (χ3n) is 5.57. The molecule has 0 spiro atoms. The van der Waals surface area contributed by atoms with Crippen LogP contribution in [0.25, 0.3) is 0 Å². The second kappa shape index (κ2) is 13.3. The van der Waals surface area contributed by atoms with E-state index >= 15 is 0 Å². The van der Waals surface area contributed by atoms with Gasteiger partial charge in [0.2, 0.25) is 11.8 Å². The minimum absolute atomic E-state index is 0.0183. The lowest BCUT2D eigenvalue weighted by atomic mass is 9.91. The Morgan fingerprint density at radius 2 is 1.53 bits per heavy atom. The fourth-order valence-corrected chi connectivity index (χ4v) is 3.75. The van der Waals surface area contributed by atoms with E-state index in [-0.39, 0.29) is 26.1 Å². The van der Waals surface area contributed by atoms with Gasteiger partial charge in [-0.25, -0.2) is 4.79 Å². The lowest BCUT2D eigenvalue weighted by molar-refractivity contribution is -0.147. The predicted octanol–water partition coefficient (Wildman–Crippen LogP) is 3.96. The molecule has 1 unspecified atom stereocenters. The molecule has 0 aliphatic carbocycles. The Hall–Kier alpha value is -3.10. The highest BCUT2D eigenvalue weighted by Gasteiger charge is 2.40. The van der Waals surface area contributed by atoms with Crippen LogP contribution < -0.4 is 10.6 Å². The van der Waals surface area contributed by atoms with Crippen molar-refractivity contribution in [2.24, 2.45) is 0 Å². The molecule has 0 radical (unpaired) electrons. The first-order valence-electron chi connectivity index (χ1n) is 12.4. The Morgan fingerprint density at radius 1 is 0.944 bits per heavy atom. The monoisotopic (exact) mass is 505 g/mol. The van der Waals surface area contributed by atoms with Gasteiger partial charge < -0.3 is 25.0 Å². The van der Waals surface area contributed by atoms with E-state index in [0.717, 1.165) is 11.1 Å². The topological polar surface area (TPSA) is 114 Å². The minimum Gasteiger partial charge on any atom is -0.466 e. The van der Waals surface area contributed by atoms with Crippen molar-refractivity contribution in [2.45, 2.75) is 92.3 Å². The molecule has 0 saturated heterocycles. The number of benzene rings is 1. The Kier molecular flexibility index (Phi) is 11.4. The summed E-state index contributed by atoms with van der Waals surface area (Å²) < 4.78 is 10.2. The molecule has 9 nitrogen and oxygen atoms in total. The van der Waals surface area contributed by atoms with Crippen LogP contribution in [0, 0.1) is 13.8 Å². The molecule has 9 heteroatoms. The van der Waals surface area contributed by atoms with E-state index < -0.39 is 41.1 Å². The molecule has 0 fully saturated rings. The van der Waals surface area contributed by atoms with Crippen LogP contribution in [0.15, 0.2) is 18.2 Å². The Balaban J connectivity index is 3.35. The number of carbonyl (C=O) groups excluding carboxylic acids is 4. The summed E-state index contributed by atoms with van der Waals surface area (Å²) in [6.07, 6.45) is -0.139. The van der Waals surface area contributed by atoms with E-state index in [0.29, 0.717) is 12.0 Å². The number of nitrogens with zero attached hydrogens (tertiary/aromatic N) is 1. The van der Waals surface area contributed by atoms with Crippen molar-refractivity contribution in [3.8, 4) is 0 Å². The number of rotatable bonds is 11. The maximum absolute atomic E-state index is 13.6. The fourth-order valence-electron chi connectivity index (χ4n) is 3.75. The average Bonchev–Trinajstić information content (AvgIpc) is 2.73. The van der Waals surface area contributed by atoms with E-state index in [4.69, 9.17) is 9.47 Å². The quantitative estimate of drug-likeness (QED) is 0.440. The van der Waals surface area contributed by atoms with Gasteiger partial charge in [0.15, 0.2) is 0 Å². The zero-order valence-electron chi connectivity index (χ0n) is 23.2. The highest BCUT2D eigenvalue weighted by atomic mass is 16.6. The molecule has 0 saturated carbocycles. The average molecular weight is 506 g/mol. The second-order valence-corrected chi connectivity index (χ2v) is 10.5. The molecule has 36 heavy (non-hydrogen) atoms. The predicted molar refractivity (Wildman–Crippen MR) is 138 cm³/mol. The van der Waals surface area contributed by atoms with Gasteiger partial charge in [0.1, 0.15) is 18.2 Å². The van der Waals surface area contributed by atoms with Crippen LogP contribution in [0.1, 0.15) is 84.0 Å². The molecule has 1 aromatic carbocycles. The number of ether oxygens (including phenoxy) is 2. The van der Waals surface area contributed by atoms with Crippen LogP contribution in [0.2, 0.25) is 0 Å². The van der Waals surface area contributed by atoms with Crippen molar-refractivity contribution in [1.82, 2.24) is 15.5 Å². The summed E-state index contributed by atoms with van der Waals surface area (Å²) in [5.74, 6) is -1.27. The summed E-state index contributed by atoms with van der Waals surface area (Å²) in [5, 5.41) is 5.30. The van der Waals surface area contributed by atoms with Crippen LogP contribution in [-0.2, 0) is 23.9 Å². The number of amides is 3. The molecular formula is C27H43N3O6. The van der Waals surface area contributed by atoms with Gasteiger partial charge in [-0.2, -0.15) is 0 Å². The number of carbonyl (C=O) groups is 4. The Bertz CT molecular complexity index is 916. The Labute approximate surface area is 215 Å². The molecule has 0 heterocycles. The third-order valence-corrected chi connectivity index (χ3v) is 5.57. The second-order valence-electron chi connectivity index (χ2n) is 10.5. The van der Waals surface area contributed by atoms with E-state index in [9.17, 15) is 19.2 Å². The van der Waals surface area contributed by atoms with Crippen molar-refractivity contribution < 1.29 is 28.7 Å². The molecule has 0 bridgehead atoms. The van der Waals surface area contributed by atoms with Gasteiger partial charge in [0, 0.05) is 12.1 Å². The van der Waals surface area contributed by atoms with Gasteiger partial charge in [-0.1, -0.05) is 36.2 Å². The van der Waals surface area contributed by atoms with E-state index in [1.165, 1.54) is 4.90 Å². The summed E-state index contributed by atoms with van der Waals surface area (Å²) >= 11 is 0. The molecule has 1 rings (SSSR count). The highest BCUT2D eigenvalue weighted by molar-refractivity contribution is 5.91. The van der Waals surface area contributed by atoms with Crippen LogP contribution in [0.5, 0.6) is 0 Å². The molecule has 1 aromatic rings. The number of aryl methyl sites for hydroxylation is 2. The van der Waals surface area contributed by atoms with Crippen molar-refractivity contribution >= 4 is 23.9 Å². The van der Waals surface area contributed by atoms with Crippen molar-refractivity contribution in [3.63, 3.8) is 0 Å². The standard InChI is InChI=1S/C27H43N3O6/c1-10-27(8,9)30(21(31)17-29-25(34)36-26(5,6)7)23(20-15-18(3)14-19(4)16-20)24(33)28-13-12-22(32)35-11-2/h14-16,23H,10-13,17H2,1-9H3,(H,28,33)(H,29,34). The maximum atomic E-state index is 13.6. The third kappa shape index (κ3) is 9.87. The van der Waals surface area contributed by atoms with Crippen LogP contribution in [-0.4, -0.2) is 59.6 Å². The maximum Gasteiger partial charge on any atom is 0.408 e. The van der Waals surface area contributed by atoms with Gasteiger partial charge in [-0.15, -0.1) is 0 Å². The van der Waals surface area contributed by atoms with Gasteiger partial charge in [0.05, 0.1) is 13.0 Å². The molecule has 0 aliphatic heterocycles. The minimum atomic E-state index is -0.978. The zero-order valence-corrected chi connectivity index (χ0v) is 23.2. The largest absolute Gasteiger partial charge is 0.466 e. The Morgan fingerprint density at radius 3 is 2.03 bits per heavy atom. The summed E-state index contributed by atoms with van der Waals surface area (Å²) in [7, 11) is 0. The van der Waals surface area contributed by atoms with Gasteiger partial charge in [-0.05, 0) is 67.4 Å². The summed E-state index contributed by atoms with van der Waals surface area (Å²) in [5.41, 5.74) is 1.10. The van der Waals surface area contributed by atoms with Gasteiger partial charge in [-0.3, -0.25) is 14.4 Å². The fraction of sp³-hybridized carbons (Fsp3) is 0.630. The van der Waals surface area contributed by atoms with Crippen molar-refractivity contribution in [1.29, 1.82) is 0 Å². The van der Waals surface area contributed by atoms with E-state index in [1.807, 2.05) is 52.8 Å². The molecule has 202 valence electrons.